The molecule has 1 atom stereocenters. The predicted octanol–water partition coefficient (Wildman–Crippen LogP) is 5.53. The Hall–Kier alpha value is -1.41. The SMILES string of the molecule is C=CC(C)(C)C1=CC(c2cccs2)C=C(C(C)(C)C)C1=O. The first-order valence-corrected chi connectivity index (χ1v) is 8.21. The van der Waals surface area contributed by atoms with Gasteiger partial charge < -0.3 is 0 Å². The van der Waals surface area contributed by atoms with E-state index < -0.39 is 0 Å². The third-order valence-electron chi connectivity index (χ3n) is 4.07. The molecule has 2 heteroatoms. The fraction of sp³-hybridized carbons (Fsp3) is 0.421. The lowest BCUT2D eigenvalue weighted by molar-refractivity contribution is -0.114. The maximum Gasteiger partial charge on any atom is 0.185 e. The molecule has 0 N–H and O–H groups in total. The van der Waals surface area contributed by atoms with Gasteiger partial charge in [0.1, 0.15) is 0 Å². The van der Waals surface area contributed by atoms with E-state index in [0.29, 0.717) is 0 Å². The summed E-state index contributed by atoms with van der Waals surface area (Å²) >= 11 is 1.74. The summed E-state index contributed by atoms with van der Waals surface area (Å²) in [7, 11) is 0. The molecule has 1 aliphatic carbocycles. The van der Waals surface area contributed by atoms with Crippen LogP contribution in [0.2, 0.25) is 0 Å². The van der Waals surface area contributed by atoms with Crippen LogP contribution in [0.5, 0.6) is 0 Å². The standard InChI is InChI=1S/C19H24OS/c1-7-19(5,6)15-12-13(16-9-8-10-21-16)11-14(17(15)20)18(2,3)4/h7-13H,1H2,2-6H3. The molecule has 21 heavy (non-hydrogen) atoms. The van der Waals surface area contributed by atoms with Gasteiger partial charge in [-0.1, -0.05) is 58.9 Å². The molecule has 112 valence electrons. The Morgan fingerprint density at radius 2 is 1.76 bits per heavy atom. The van der Waals surface area contributed by atoms with Crippen LogP contribution < -0.4 is 0 Å². The van der Waals surface area contributed by atoms with Gasteiger partial charge >= 0.3 is 0 Å². The zero-order valence-electron chi connectivity index (χ0n) is 13.6. The van der Waals surface area contributed by atoms with Crippen molar-refractivity contribution >= 4 is 17.1 Å². The zero-order valence-corrected chi connectivity index (χ0v) is 14.4. The van der Waals surface area contributed by atoms with Crippen LogP contribution in [0.15, 0.2) is 53.5 Å². The number of hydrogen-bond donors (Lipinski definition) is 0. The first-order valence-electron chi connectivity index (χ1n) is 7.33. The van der Waals surface area contributed by atoms with Crippen LogP contribution in [0, 0.1) is 10.8 Å². The molecule has 1 nitrogen and oxygen atoms in total. The quantitative estimate of drug-likeness (QED) is 0.671. The van der Waals surface area contributed by atoms with Crippen molar-refractivity contribution in [3.05, 3.63) is 58.3 Å². The lowest BCUT2D eigenvalue weighted by Crippen LogP contribution is -2.29. The molecule has 1 unspecified atom stereocenters. The van der Waals surface area contributed by atoms with E-state index in [1.165, 1.54) is 4.88 Å². The number of allylic oxidation sites excluding steroid dienone is 5. The van der Waals surface area contributed by atoms with Gasteiger partial charge in [0.25, 0.3) is 0 Å². The van der Waals surface area contributed by atoms with E-state index in [1.807, 2.05) is 6.08 Å². The Morgan fingerprint density at radius 3 is 2.24 bits per heavy atom. The molecule has 0 saturated heterocycles. The Labute approximate surface area is 132 Å². The van der Waals surface area contributed by atoms with Crippen molar-refractivity contribution in [3.63, 3.8) is 0 Å². The van der Waals surface area contributed by atoms with Gasteiger partial charge in [-0.25, -0.2) is 0 Å². The maximum atomic E-state index is 12.9. The maximum absolute atomic E-state index is 12.9. The molecule has 0 fully saturated rings. The van der Waals surface area contributed by atoms with Crippen LogP contribution >= 0.6 is 11.3 Å². The van der Waals surface area contributed by atoms with Crippen LogP contribution in [-0.2, 0) is 4.79 Å². The highest BCUT2D eigenvalue weighted by atomic mass is 32.1. The van der Waals surface area contributed by atoms with Crippen LogP contribution in [0.4, 0.5) is 0 Å². The van der Waals surface area contributed by atoms with Crippen molar-refractivity contribution in [2.45, 2.75) is 40.5 Å². The van der Waals surface area contributed by atoms with Gasteiger partial charge in [0, 0.05) is 27.4 Å². The average Bonchev–Trinajstić information content (AvgIpc) is 2.91. The lowest BCUT2D eigenvalue weighted by Gasteiger charge is -2.33. The summed E-state index contributed by atoms with van der Waals surface area (Å²) in [6, 6.07) is 4.20. The van der Waals surface area contributed by atoms with E-state index in [9.17, 15) is 4.79 Å². The van der Waals surface area contributed by atoms with E-state index in [4.69, 9.17) is 0 Å². The number of thiophene rings is 1. The minimum absolute atomic E-state index is 0.149. The molecule has 2 rings (SSSR count). The Bertz CT molecular complexity index is 606. The third-order valence-corrected chi connectivity index (χ3v) is 5.04. The molecular weight excluding hydrogens is 276 g/mol. The van der Waals surface area contributed by atoms with Crippen molar-refractivity contribution < 1.29 is 4.79 Å². The number of rotatable bonds is 3. The number of hydrogen-bond acceptors (Lipinski definition) is 2. The fourth-order valence-corrected chi connectivity index (χ4v) is 3.32. The summed E-state index contributed by atoms with van der Waals surface area (Å²) in [6.45, 7) is 14.3. The van der Waals surface area contributed by atoms with E-state index >= 15 is 0 Å². The van der Waals surface area contributed by atoms with Crippen molar-refractivity contribution in [1.29, 1.82) is 0 Å². The predicted molar refractivity (Wildman–Crippen MR) is 91.7 cm³/mol. The van der Waals surface area contributed by atoms with Gasteiger partial charge in [-0.2, -0.15) is 0 Å². The minimum Gasteiger partial charge on any atom is -0.289 e. The highest BCUT2D eigenvalue weighted by Crippen LogP contribution is 2.42. The topological polar surface area (TPSA) is 17.1 Å². The number of ketones is 1. The summed E-state index contributed by atoms with van der Waals surface area (Å²) in [6.07, 6.45) is 6.12. The summed E-state index contributed by atoms with van der Waals surface area (Å²) in [5, 5.41) is 2.09. The highest BCUT2D eigenvalue weighted by Gasteiger charge is 2.36. The molecular formula is C19H24OS. The van der Waals surface area contributed by atoms with Gasteiger partial charge in [-0.15, -0.1) is 17.9 Å². The summed E-state index contributed by atoms with van der Waals surface area (Å²) in [5.74, 6) is 0.353. The Kier molecular flexibility index (Phi) is 4.12. The van der Waals surface area contributed by atoms with Crippen molar-refractivity contribution in [1.82, 2.24) is 0 Å². The second-order valence-corrected chi connectivity index (χ2v) is 8.19. The summed E-state index contributed by atoms with van der Waals surface area (Å²) in [4.78, 5) is 14.2. The molecule has 0 aromatic carbocycles. The molecule has 0 amide bonds. The van der Waals surface area contributed by atoms with Crippen LogP contribution in [0.1, 0.15) is 45.4 Å². The largest absolute Gasteiger partial charge is 0.289 e. The Morgan fingerprint density at radius 1 is 1.14 bits per heavy atom. The second kappa shape index (κ2) is 5.42. The number of carbonyl (C=O) groups excluding carboxylic acids is 1. The fourth-order valence-electron chi connectivity index (χ4n) is 2.56. The molecule has 0 radical (unpaired) electrons. The Balaban J connectivity index is 2.57. The third kappa shape index (κ3) is 3.11. The molecule has 1 aliphatic rings. The van der Waals surface area contributed by atoms with Gasteiger partial charge in [0.2, 0.25) is 0 Å². The van der Waals surface area contributed by atoms with Gasteiger partial charge in [-0.3, -0.25) is 4.79 Å². The van der Waals surface area contributed by atoms with Crippen LogP contribution in [0.25, 0.3) is 0 Å². The molecule has 0 spiro atoms. The van der Waals surface area contributed by atoms with Gasteiger partial charge in [0.15, 0.2) is 5.78 Å². The van der Waals surface area contributed by atoms with Crippen LogP contribution in [0.3, 0.4) is 0 Å². The van der Waals surface area contributed by atoms with Gasteiger partial charge in [0.05, 0.1) is 0 Å². The first kappa shape index (κ1) is 16.0. The lowest BCUT2D eigenvalue weighted by atomic mass is 9.70. The van der Waals surface area contributed by atoms with Crippen LogP contribution in [-0.4, -0.2) is 5.78 Å². The molecule has 0 saturated carbocycles. The number of Topliss-reactive ketones (excluding diaryl/α,β-unsaturated/α-hetero) is 1. The van der Waals surface area contributed by atoms with Crippen molar-refractivity contribution in [3.8, 4) is 0 Å². The minimum atomic E-state index is -0.308. The second-order valence-electron chi connectivity index (χ2n) is 7.21. The summed E-state index contributed by atoms with van der Waals surface area (Å²) < 4.78 is 0. The van der Waals surface area contributed by atoms with E-state index in [-0.39, 0.29) is 22.5 Å². The smallest absolute Gasteiger partial charge is 0.185 e. The van der Waals surface area contributed by atoms with E-state index in [0.717, 1.165) is 11.1 Å². The molecule has 1 heterocycles. The zero-order chi connectivity index (χ0) is 15.8. The molecule has 1 aromatic heterocycles. The molecule has 0 aliphatic heterocycles. The number of carbonyl (C=O) groups is 1. The van der Waals surface area contributed by atoms with Gasteiger partial charge in [-0.05, 0) is 16.9 Å². The monoisotopic (exact) mass is 300 g/mol. The normalized spacial score (nSPS) is 20.0. The van der Waals surface area contributed by atoms with E-state index in [1.54, 1.807) is 11.3 Å². The van der Waals surface area contributed by atoms with Crippen molar-refractivity contribution in [2.24, 2.45) is 10.8 Å². The molecule has 1 aromatic rings. The highest BCUT2D eigenvalue weighted by molar-refractivity contribution is 7.10. The first-order chi connectivity index (χ1) is 9.66. The average molecular weight is 300 g/mol. The van der Waals surface area contributed by atoms with Crippen molar-refractivity contribution in [2.75, 3.05) is 0 Å². The molecule has 0 bridgehead atoms. The summed E-state index contributed by atoms with van der Waals surface area (Å²) in [5.41, 5.74) is 1.32. The van der Waals surface area contributed by atoms with E-state index in [2.05, 4.69) is 70.9 Å².